The molecular formula is C3H7BrCl3NO. The molecule has 0 aromatic carbocycles. The van der Waals surface area contributed by atoms with E-state index in [0.717, 1.165) is 0 Å². The molecule has 0 amide bonds. The molecule has 0 aromatic heterocycles. The quantitative estimate of drug-likeness (QED) is 0.696. The molecular weight excluding hydrogens is 252 g/mol. The van der Waals surface area contributed by atoms with Crippen LogP contribution in [0.4, 0.5) is 0 Å². The van der Waals surface area contributed by atoms with Crippen LogP contribution in [0.15, 0.2) is 0 Å². The fourth-order valence-electron chi connectivity index (χ4n) is 0.134. The first-order valence-corrected chi connectivity index (χ1v) is 3.06. The van der Waals surface area contributed by atoms with Crippen LogP contribution in [0.5, 0.6) is 0 Å². The van der Waals surface area contributed by atoms with Crippen molar-refractivity contribution in [1.29, 1.82) is 0 Å². The standard InChI is InChI=1S/C3H6Cl3NO.BrH/c4-3(5,6)2(8)1-7;/h2,8H,1,7H2;1H. The highest BCUT2D eigenvalue weighted by Crippen LogP contribution is 2.29. The van der Waals surface area contributed by atoms with Crippen molar-refractivity contribution < 1.29 is 5.11 Å². The molecule has 0 aliphatic carbocycles. The summed E-state index contributed by atoms with van der Waals surface area (Å²) in [6.45, 7) is -0.0451. The molecule has 6 heteroatoms. The second-order valence-electron chi connectivity index (χ2n) is 1.29. The van der Waals surface area contributed by atoms with Crippen molar-refractivity contribution >= 4 is 51.8 Å². The smallest absolute Gasteiger partial charge is 0.217 e. The lowest BCUT2D eigenvalue weighted by Crippen LogP contribution is -2.32. The van der Waals surface area contributed by atoms with E-state index in [9.17, 15) is 0 Å². The average molecular weight is 259 g/mol. The van der Waals surface area contributed by atoms with E-state index in [0.29, 0.717) is 0 Å². The third-order valence-corrected chi connectivity index (χ3v) is 1.36. The maximum atomic E-state index is 8.67. The first-order chi connectivity index (χ1) is 3.48. The van der Waals surface area contributed by atoms with Gasteiger partial charge >= 0.3 is 0 Å². The molecule has 0 aliphatic heterocycles. The Kier molecular flexibility index (Phi) is 7.16. The van der Waals surface area contributed by atoms with Gasteiger partial charge in [0, 0.05) is 6.54 Å². The van der Waals surface area contributed by atoms with Crippen molar-refractivity contribution in [2.24, 2.45) is 5.73 Å². The fourth-order valence-corrected chi connectivity index (χ4v) is 0.401. The Hall–Kier alpha value is 1.27. The molecule has 0 bridgehead atoms. The summed E-state index contributed by atoms with van der Waals surface area (Å²) in [4.78, 5) is 0. The molecule has 1 atom stereocenters. The first-order valence-electron chi connectivity index (χ1n) is 1.93. The summed E-state index contributed by atoms with van der Waals surface area (Å²) in [5.74, 6) is 0. The molecule has 0 heterocycles. The number of rotatable bonds is 1. The number of halogens is 4. The van der Waals surface area contributed by atoms with Crippen LogP contribution in [0.3, 0.4) is 0 Å². The van der Waals surface area contributed by atoms with Crippen molar-refractivity contribution in [1.82, 2.24) is 0 Å². The fraction of sp³-hybridized carbons (Fsp3) is 1.00. The number of alkyl halides is 3. The van der Waals surface area contributed by atoms with Gasteiger partial charge in [-0.05, 0) is 0 Å². The lowest BCUT2D eigenvalue weighted by Gasteiger charge is -2.15. The zero-order chi connectivity index (χ0) is 6.78. The van der Waals surface area contributed by atoms with Crippen molar-refractivity contribution in [3.05, 3.63) is 0 Å². The molecule has 9 heavy (non-hydrogen) atoms. The van der Waals surface area contributed by atoms with Gasteiger partial charge in [-0.3, -0.25) is 0 Å². The van der Waals surface area contributed by atoms with Gasteiger partial charge < -0.3 is 10.8 Å². The maximum Gasteiger partial charge on any atom is 0.217 e. The largest absolute Gasteiger partial charge is 0.387 e. The summed E-state index contributed by atoms with van der Waals surface area (Å²) < 4.78 is -1.64. The van der Waals surface area contributed by atoms with E-state index >= 15 is 0 Å². The summed E-state index contributed by atoms with van der Waals surface area (Å²) in [5, 5.41) is 8.67. The Bertz CT molecular complexity index is 75.9. The minimum Gasteiger partial charge on any atom is -0.387 e. The van der Waals surface area contributed by atoms with E-state index < -0.39 is 9.90 Å². The average Bonchev–Trinajstić information content (AvgIpc) is 1.62. The van der Waals surface area contributed by atoms with Gasteiger partial charge in [-0.1, -0.05) is 34.8 Å². The van der Waals surface area contributed by atoms with Gasteiger partial charge in [0.25, 0.3) is 0 Å². The van der Waals surface area contributed by atoms with Crippen LogP contribution in [-0.2, 0) is 0 Å². The monoisotopic (exact) mass is 257 g/mol. The zero-order valence-corrected chi connectivity index (χ0v) is 8.33. The number of hydrogen-bond donors (Lipinski definition) is 2. The third kappa shape index (κ3) is 5.70. The van der Waals surface area contributed by atoms with Crippen molar-refractivity contribution in [2.75, 3.05) is 6.54 Å². The summed E-state index contributed by atoms with van der Waals surface area (Å²) in [5.41, 5.74) is 4.95. The SMILES string of the molecule is Br.NCC(O)C(Cl)(Cl)Cl. The Morgan fingerprint density at radius 3 is 1.78 bits per heavy atom. The van der Waals surface area contributed by atoms with Crippen LogP contribution in [-0.4, -0.2) is 21.5 Å². The van der Waals surface area contributed by atoms with Crippen LogP contribution in [0.2, 0.25) is 0 Å². The molecule has 0 rings (SSSR count). The molecule has 0 aromatic rings. The molecule has 0 fully saturated rings. The first kappa shape index (κ1) is 12.9. The van der Waals surface area contributed by atoms with Gasteiger partial charge in [0.2, 0.25) is 3.79 Å². The molecule has 0 radical (unpaired) electrons. The van der Waals surface area contributed by atoms with Crippen LogP contribution in [0.1, 0.15) is 0 Å². The molecule has 3 N–H and O–H groups in total. The van der Waals surface area contributed by atoms with Gasteiger partial charge in [0.05, 0.1) is 0 Å². The predicted molar refractivity (Wildman–Crippen MR) is 45.7 cm³/mol. The molecule has 0 spiro atoms. The minimum atomic E-state index is -1.64. The summed E-state index contributed by atoms with van der Waals surface area (Å²) in [7, 11) is 0. The predicted octanol–water partition coefficient (Wildman–Crippen LogP) is 1.25. The molecule has 58 valence electrons. The van der Waals surface area contributed by atoms with Gasteiger partial charge in [-0.2, -0.15) is 0 Å². The van der Waals surface area contributed by atoms with Gasteiger partial charge in [-0.25, -0.2) is 0 Å². The van der Waals surface area contributed by atoms with E-state index in [4.69, 9.17) is 45.6 Å². The van der Waals surface area contributed by atoms with Crippen molar-refractivity contribution in [3.8, 4) is 0 Å². The van der Waals surface area contributed by atoms with Gasteiger partial charge in [0.15, 0.2) is 0 Å². The Morgan fingerprint density at radius 2 is 1.78 bits per heavy atom. The summed E-state index contributed by atoms with van der Waals surface area (Å²) >= 11 is 15.6. The second-order valence-corrected chi connectivity index (χ2v) is 3.66. The summed E-state index contributed by atoms with van der Waals surface area (Å²) in [6, 6.07) is 0. The molecule has 0 saturated heterocycles. The lowest BCUT2D eigenvalue weighted by molar-refractivity contribution is 0.187. The van der Waals surface area contributed by atoms with Crippen LogP contribution in [0, 0.1) is 0 Å². The topological polar surface area (TPSA) is 46.2 Å². The van der Waals surface area contributed by atoms with Crippen LogP contribution < -0.4 is 5.73 Å². The molecule has 1 unspecified atom stereocenters. The number of aliphatic hydroxyl groups excluding tert-OH is 1. The normalized spacial score (nSPS) is 14.3. The van der Waals surface area contributed by atoms with Gasteiger partial charge in [0.1, 0.15) is 6.10 Å². The Labute approximate surface area is 79.0 Å². The van der Waals surface area contributed by atoms with E-state index in [1.165, 1.54) is 0 Å². The van der Waals surface area contributed by atoms with Crippen molar-refractivity contribution in [2.45, 2.75) is 9.90 Å². The summed E-state index contributed by atoms with van der Waals surface area (Å²) in [6.07, 6.45) is -1.08. The Morgan fingerprint density at radius 1 is 1.44 bits per heavy atom. The highest BCUT2D eigenvalue weighted by Gasteiger charge is 2.28. The van der Waals surface area contributed by atoms with Crippen LogP contribution >= 0.6 is 51.8 Å². The Balaban J connectivity index is 0. The van der Waals surface area contributed by atoms with E-state index in [-0.39, 0.29) is 23.5 Å². The highest BCUT2D eigenvalue weighted by molar-refractivity contribution is 8.93. The van der Waals surface area contributed by atoms with Gasteiger partial charge in [-0.15, -0.1) is 17.0 Å². The molecule has 2 nitrogen and oxygen atoms in total. The van der Waals surface area contributed by atoms with E-state index in [1.807, 2.05) is 0 Å². The minimum absolute atomic E-state index is 0. The van der Waals surface area contributed by atoms with Crippen molar-refractivity contribution in [3.63, 3.8) is 0 Å². The second kappa shape index (κ2) is 4.99. The maximum absolute atomic E-state index is 8.67. The molecule has 0 aliphatic rings. The highest BCUT2D eigenvalue weighted by atomic mass is 79.9. The number of nitrogens with two attached hydrogens (primary N) is 1. The lowest BCUT2D eigenvalue weighted by atomic mass is 10.4. The molecule has 0 saturated carbocycles. The van der Waals surface area contributed by atoms with E-state index in [2.05, 4.69) is 0 Å². The third-order valence-electron chi connectivity index (χ3n) is 0.601. The number of hydrogen-bond acceptors (Lipinski definition) is 2. The zero-order valence-electron chi connectivity index (χ0n) is 4.35. The van der Waals surface area contributed by atoms with E-state index in [1.54, 1.807) is 0 Å². The number of aliphatic hydroxyl groups is 1. The van der Waals surface area contributed by atoms with Crippen LogP contribution in [0.25, 0.3) is 0 Å².